The molecule has 0 unspecified atom stereocenters. The Morgan fingerprint density at radius 3 is 2.85 bits per heavy atom. The van der Waals surface area contributed by atoms with E-state index in [0.717, 1.165) is 38.4 Å². The molecule has 1 aromatic heterocycles. The fourth-order valence-electron chi connectivity index (χ4n) is 1.55. The highest BCUT2D eigenvalue weighted by Gasteiger charge is 2.11. The quantitative estimate of drug-likeness (QED) is 0.569. The van der Waals surface area contributed by atoms with Crippen LogP contribution in [-0.4, -0.2) is 41.0 Å². The summed E-state index contributed by atoms with van der Waals surface area (Å²) in [6.45, 7) is 5.17. The summed E-state index contributed by atoms with van der Waals surface area (Å²) in [6, 6.07) is 0. The van der Waals surface area contributed by atoms with Crippen LogP contribution in [0.1, 0.15) is 5.69 Å². The molecule has 5 nitrogen and oxygen atoms in total. The van der Waals surface area contributed by atoms with E-state index in [4.69, 9.17) is 5.73 Å². The van der Waals surface area contributed by atoms with Crippen LogP contribution in [0.3, 0.4) is 0 Å². The predicted molar refractivity (Wildman–Crippen MR) is 51.1 cm³/mol. The highest BCUT2D eigenvalue weighted by Crippen LogP contribution is 2.08. The smallest absolute Gasteiger partial charge is 0.146 e. The number of hydrogen-bond donors (Lipinski definition) is 3. The molecule has 13 heavy (non-hydrogen) atoms. The molecule has 0 bridgehead atoms. The van der Waals surface area contributed by atoms with E-state index in [1.54, 1.807) is 6.33 Å². The molecule has 0 saturated carbocycles. The summed E-state index contributed by atoms with van der Waals surface area (Å²) in [7, 11) is 0. The van der Waals surface area contributed by atoms with Crippen molar-refractivity contribution in [1.29, 1.82) is 0 Å². The first kappa shape index (κ1) is 8.52. The molecule has 0 amide bonds. The number of anilines is 1. The number of hydrogen-bond acceptors (Lipinski definition) is 4. The SMILES string of the molecule is Nc1nc[nH]c1CN1CCNCC1. The first-order valence-corrected chi connectivity index (χ1v) is 4.57. The van der Waals surface area contributed by atoms with E-state index < -0.39 is 0 Å². The van der Waals surface area contributed by atoms with Crippen molar-refractivity contribution in [2.45, 2.75) is 6.54 Å². The highest BCUT2D eigenvalue weighted by atomic mass is 15.2. The number of aromatic amines is 1. The lowest BCUT2D eigenvalue weighted by atomic mass is 10.3. The van der Waals surface area contributed by atoms with E-state index in [9.17, 15) is 0 Å². The molecule has 2 heterocycles. The molecule has 0 aromatic carbocycles. The van der Waals surface area contributed by atoms with Crippen molar-refractivity contribution < 1.29 is 0 Å². The largest absolute Gasteiger partial charge is 0.382 e. The molecule has 0 radical (unpaired) electrons. The summed E-state index contributed by atoms with van der Waals surface area (Å²) >= 11 is 0. The molecule has 1 aliphatic heterocycles. The topological polar surface area (TPSA) is 70.0 Å². The van der Waals surface area contributed by atoms with Crippen molar-refractivity contribution in [3.63, 3.8) is 0 Å². The van der Waals surface area contributed by atoms with Crippen molar-refractivity contribution >= 4 is 5.82 Å². The summed E-state index contributed by atoms with van der Waals surface area (Å²) in [5.41, 5.74) is 6.70. The van der Waals surface area contributed by atoms with Gasteiger partial charge < -0.3 is 16.0 Å². The summed E-state index contributed by atoms with van der Waals surface area (Å²) in [5.74, 6) is 0.624. The number of aromatic nitrogens is 2. The van der Waals surface area contributed by atoms with E-state index in [2.05, 4.69) is 20.2 Å². The van der Waals surface area contributed by atoms with Crippen LogP contribution in [-0.2, 0) is 6.54 Å². The maximum Gasteiger partial charge on any atom is 0.146 e. The van der Waals surface area contributed by atoms with Gasteiger partial charge in [0, 0.05) is 32.7 Å². The van der Waals surface area contributed by atoms with E-state index in [1.165, 1.54) is 0 Å². The molecule has 1 aliphatic rings. The number of piperazine rings is 1. The van der Waals surface area contributed by atoms with Crippen LogP contribution < -0.4 is 11.1 Å². The Morgan fingerprint density at radius 2 is 2.23 bits per heavy atom. The van der Waals surface area contributed by atoms with Gasteiger partial charge >= 0.3 is 0 Å². The minimum absolute atomic E-state index is 0.624. The molecular weight excluding hydrogens is 166 g/mol. The van der Waals surface area contributed by atoms with Crippen LogP contribution in [0, 0.1) is 0 Å². The summed E-state index contributed by atoms with van der Waals surface area (Å²) in [5, 5.41) is 3.31. The van der Waals surface area contributed by atoms with Crippen LogP contribution >= 0.6 is 0 Å². The Hall–Kier alpha value is -1.07. The molecule has 1 saturated heterocycles. The van der Waals surface area contributed by atoms with Crippen molar-refractivity contribution in [3.05, 3.63) is 12.0 Å². The third kappa shape index (κ3) is 1.99. The van der Waals surface area contributed by atoms with Gasteiger partial charge in [-0.1, -0.05) is 0 Å². The van der Waals surface area contributed by atoms with Gasteiger partial charge in [0.25, 0.3) is 0 Å². The second-order valence-corrected chi connectivity index (χ2v) is 3.29. The Bertz CT molecular complexity index is 263. The number of nitrogens with zero attached hydrogens (tertiary/aromatic N) is 2. The number of imidazole rings is 1. The Balaban J connectivity index is 1.93. The lowest BCUT2D eigenvalue weighted by Gasteiger charge is -2.26. The van der Waals surface area contributed by atoms with E-state index in [1.807, 2.05) is 0 Å². The van der Waals surface area contributed by atoms with Gasteiger partial charge in [0.1, 0.15) is 5.82 Å². The first-order chi connectivity index (χ1) is 6.36. The summed E-state index contributed by atoms with van der Waals surface area (Å²) in [6.07, 6.45) is 1.65. The number of rotatable bonds is 2. The predicted octanol–water partition coefficient (Wildman–Crippen LogP) is -0.603. The van der Waals surface area contributed by atoms with Gasteiger partial charge in [0.15, 0.2) is 0 Å². The third-order valence-electron chi connectivity index (χ3n) is 2.34. The van der Waals surface area contributed by atoms with E-state index in [-0.39, 0.29) is 0 Å². The minimum Gasteiger partial charge on any atom is -0.382 e. The molecule has 0 atom stereocenters. The normalized spacial score (nSPS) is 19.1. The van der Waals surface area contributed by atoms with Gasteiger partial charge in [-0.2, -0.15) is 0 Å². The zero-order valence-electron chi connectivity index (χ0n) is 7.58. The lowest BCUT2D eigenvalue weighted by molar-refractivity contribution is 0.231. The maximum atomic E-state index is 5.67. The van der Waals surface area contributed by atoms with Crippen molar-refractivity contribution in [2.75, 3.05) is 31.9 Å². The number of H-pyrrole nitrogens is 1. The minimum atomic E-state index is 0.624. The van der Waals surface area contributed by atoms with Crippen molar-refractivity contribution in [3.8, 4) is 0 Å². The first-order valence-electron chi connectivity index (χ1n) is 4.57. The van der Waals surface area contributed by atoms with E-state index in [0.29, 0.717) is 5.82 Å². The highest BCUT2D eigenvalue weighted by molar-refractivity contribution is 5.33. The number of nitrogens with one attached hydrogen (secondary N) is 2. The van der Waals surface area contributed by atoms with Crippen LogP contribution in [0.4, 0.5) is 5.82 Å². The van der Waals surface area contributed by atoms with Gasteiger partial charge in [-0.05, 0) is 0 Å². The zero-order valence-corrected chi connectivity index (χ0v) is 7.58. The molecule has 4 N–H and O–H groups in total. The molecule has 0 aliphatic carbocycles. The number of nitrogens with two attached hydrogens (primary N) is 1. The average Bonchev–Trinajstić information content (AvgIpc) is 2.54. The van der Waals surface area contributed by atoms with Crippen LogP contribution in [0.2, 0.25) is 0 Å². The van der Waals surface area contributed by atoms with Gasteiger partial charge in [-0.25, -0.2) is 4.98 Å². The monoisotopic (exact) mass is 181 g/mol. The summed E-state index contributed by atoms with van der Waals surface area (Å²) in [4.78, 5) is 9.38. The lowest BCUT2D eigenvalue weighted by Crippen LogP contribution is -2.43. The average molecular weight is 181 g/mol. The Labute approximate surface area is 77.3 Å². The second-order valence-electron chi connectivity index (χ2n) is 3.29. The molecule has 5 heteroatoms. The van der Waals surface area contributed by atoms with Crippen molar-refractivity contribution in [2.24, 2.45) is 0 Å². The second kappa shape index (κ2) is 3.76. The van der Waals surface area contributed by atoms with Crippen LogP contribution in [0.25, 0.3) is 0 Å². The fourth-order valence-corrected chi connectivity index (χ4v) is 1.55. The van der Waals surface area contributed by atoms with E-state index >= 15 is 0 Å². The third-order valence-corrected chi connectivity index (χ3v) is 2.34. The Kier molecular flexibility index (Phi) is 2.47. The molecule has 2 rings (SSSR count). The molecule has 1 aromatic rings. The zero-order chi connectivity index (χ0) is 9.10. The van der Waals surface area contributed by atoms with Gasteiger partial charge in [0.2, 0.25) is 0 Å². The summed E-state index contributed by atoms with van der Waals surface area (Å²) < 4.78 is 0. The van der Waals surface area contributed by atoms with Crippen molar-refractivity contribution in [1.82, 2.24) is 20.2 Å². The molecule has 1 fully saturated rings. The van der Waals surface area contributed by atoms with Gasteiger partial charge in [0.05, 0.1) is 12.0 Å². The Morgan fingerprint density at radius 1 is 1.46 bits per heavy atom. The number of nitrogen functional groups attached to an aromatic ring is 1. The van der Waals surface area contributed by atoms with Crippen LogP contribution in [0.5, 0.6) is 0 Å². The standard InChI is InChI=1S/C8H15N5/c9-8-7(11-6-12-8)5-13-3-1-10-2-4-13/h6,10H,1-5,9H2,(H,11,12). The van der Waals surface area contributed by atoms with Crippen LogP contribution in [0.15, 0.2) is 6.33 Å². The van der Waals surface area contributed by atoms with Gasteiger partial charge in [-0.15, -0.1) is 0 Å². The molecule has 0 spiro atoms. The fraction of sp³-hybridized carbons (Fsp3) is 0.625. The van der Waals surface area contributed by atoms with Gasteiger partial charge in [-0.3, -0.25) is 4.90 Å². The molecular formula is C8H15N5. The maximum absolute atomic E-state index is 5.67. The molecule has 72 valence electrons.